The van der Waals surface area contributed by atoms with Crippen molar-refractivity contribution in [3.8, 4) is 5.75 Å². The van der Waals surface area contributed by atoms with Crippen LogP contribution in [0.5, 0.6) is 5.75 Å². The third kappa shape index (κ3) is 6.36. The van der Waals surface area contributed by atoms with Gasteiger partial charge >= 0.3 is 6.18 Å². The molecule has 37 heavy (non-hydrogen) atoms. The fourth-order valence-electron chi connectivity index (χ4n) is 4.56. The number of carbonyl (C=O) groups is 1. The van der Waals surface area contributed by atoms with Crippen LogP contribution in [-0.4, -0.2) is 89.2 Å². The van der Waals surface area contributed by atoms with Gasteiger partial charge in [0.05, 0.1) is 19.4 Å². The number of H-pyrrole nitrogens is 1. The van der Waals surface area contributed by atoms with E-state index in [9.17, 15) is 22.8 Å². The standard InChI is InChI=1S/C23H29F3N6O5/c1-14-9-27-22(28-10-14)31-6-3-15(4-7-31)32-8-5-17(21(32)34)36-13-16(12-35-2)37-18-11-29-30-20(33)19(18)23(24,25)26/h9-11,15-17H,3-8,12-13H2,1-2H3,(H,30,33)/t16-,17-/m0/s1. The zero-order valence-electron chi connectivity index (χ0n) is 20.5. The summed E-state index contributed by atoms with van der Waals surface area (Å²) in [7, 11) is 1.35. The highest BCUT2D eigenvalue weighted by molar-refractivity contribution is 5.83. The van der Waals surface area contributed by atoms with E-state index < -0.39 is 35.3 Å². The fraction of sp³-hybridized carbons (Fsp3) is 0.609. The van der Waals surface area contributed by atoms with Crippen LogP contribution in [0.15, 0.2) is 23.4 Å². The topological polar surface area (TPSA) is 123 Å². The number of nitrogens with one attached hydrogen (secondary N) is 1. The number of methoxy groups -OCH3 is 1. The van der Waals surface area contributed by atoms with E-state index in [0.29, 0.717) is 18.9 Å². The summed E-state index contributed by atoms with van der Waals surface area (Å²) in [5, 5.41) is 5.15. The predicted molar refractivity (Wildman–Crippen MR) is 124 cm³/mol. The molecule has 2 fully saturated rings. The monoisotopic (exact) mass is 526 g/mol. The van der Waals surface area contributed by atoms with Crippen molar-refractivity contribution in [2.24, 2.45) is 0 Å². The Bertz CT molecular complexity index is 1120. The van der Waals surface area contributed by atoms with Gasteiger partial charge in [-0.1, -0.05) is 0 Å². The van der Waals surface area contributed by atoms with Crippen molar-refractivity contribution < 1.29 is 32.2 Å². The third-order valence-corrected chi connectivity index (χ3v) is 6.38. The lowest BCUT2D eigenvalue weighted by molar-refractivity contribution is -0.142. The summed E-state index contributed by atoms with van der Waals surface area (Å²) in [4.78, 5) is 37.4. The number of ether oxygens (including phenoxy) is 3. The molecule has 2 aromatic rings. The van der Waals surface area contributed by atoms with E-state index in [4.69, 9.17) is 14.2 Å². The second kappa shape index (κ2) is 11.4. The third-order valence-electron chi connectivity index (χ3n) is 6.38. The molecule has 4 heterocycles. The van der Waals surface area contributed by atoms with Crippen LogP contribution in [0.4, 0.5) is 19.1 Å². The molecule has 14 heteroatoms. The Hall–Kier alpha value is -3.26. The summed E-state index contributed by atoms with van der Waals surface area (Å²) in [5.41, 5.74) is -1.92. The van der Waals surface area contributed by atoms with Crippen LogP contribution < -0.4 is 15.2 Å². The quantitative estimate of drug-likeness (QED) is 0.519. The Morgan fingerprint density at radius 3 is 2.43 bits per heavy atom. The van der Waals surface area contributed by atoms with E-state index in [1.54, 1.807) is 17.5 Å². The van der Waals surface area contributed by atoms with Crippen LogP contribution >= 0.6 is 0 Å². The summed E-state index contributed by atoms with van der Waals surface area (Å²) < 4.78 is 56.2. The van der Waals surface area contributed by atoms with Crippen molar-refractivity contribution in [2.75, 3.05) is 44.9 Å². The maximum atomic E-state index is 13.3. The minimum atomic E-state index is -4.94. The lowest BCUT2D eigenvalue weighted by Gasteiger charge is -2.36. The van der Waals surface area contributed by atoms with Crippen LogP contribution in [0.3, 0.4) is 0 Å². The molecule has 0 saturated carbocycles. The van der Waals surface area contributed by atoms with Crippen molar-refractivity contribution in [2.45, 2.75) is 50.6 Å². The molecule has 0 radical (unpaired) electrons. The molecule has 0 aromatic carbocycles. The van der Waals surface area contributed by atoms with Gasteiger partial charge < -0.3 is 24.0 Å². The number of rotatable bonds is 9. The summed E-state index contributed by atoms with van der Waals surface area (Å²) in [6, 6.07) is 0.0604. The maximum Gasteiger partial charge on any atom is 0.425 e. The average molecular weight is 527 g/mol. The lowest BCUT2D eigenvalue weighted by Crippen LogP contribution is -2.47. The first-order valence-corrected chi connectivity index (χ1v) is 11.9. The van der Waals surface area contributed by atoms with Gasteiger partial charge in [-0.15, -0.1) is 0 Å². The average Bonchev–Trinajstić information content (AvgIpc) is 3.22. The molecule has 2 aliphatic heterocycles. The van der Waals surface area contributed by atoms with Crippen LogP contribution in [0.2, 0.25) is 0 Å². The highest BCUT2D eigenvalue weighted by Crippen LogP contribution is 2.33. The number of piperidine rings is 1. The molecule has 2 aromatic heterocycles. The Labute approximate surface area is 210 Å². The number of hydrogen-bond donors (Lipinski definition) is 1. The normalized spacial score (nSPS) is 19.9. The number of alkyl halides is 3. The van der Waals surface area contributed by atoms with Gasteiger partial charge in [0, 0.05) is 51.6 Å². The van der Waals surface area contributed by atoms with Gasteiger partial charge in [-0.2, -0.15) is 18.3 Å². The largest absolute Gasteiger partial charge is 0.483 e. The Morgan fingerprint density at radius 1 is 1.08 bits per heavy atom. The molecule has 11 nitrogen and oxygen atoms in total. The van der Waals surface area contributed by atoms with Crippen molar-refractivity contribution in [3.63, 3.8) is 0 Å². The molecule has 2 saturated heterocycles. The summed E-state index contributed by atoms with van der Waals surface area (Å²) in [6.07, 6.45) is -0.345. The Balaban J connectivity index is 1.32. The zero-order valence-corrected chi connectivity index (χ0v) is 20.5. The number of halogens is 3. The Kier molecular flexibility index (Phi) is 8.27. The maximum absolute atomic E-state index is 13.3. The van der Waals surface area contributed by atoms with Gasteiger partial charge in [-0.05, 0) is 25.3 Å². The van der Waals surface area contributed by atoms with Crippen molar-refractivity contribution in [1.29, 1.82) is 0 Å². The second-order valence-corrected chi connectivity index (χ2v) is 9.05. The number of aromatic amines is 1. The molecular weight excluding hydrogens is 497 g/mol. The van der Waals surface area contributed by atoms with Crippen molar-refractivity contribution >= 4 is 11.9 Å². The van der Waals surface area contributed by atoms with E-state index in [1.807, 2.05) is 11.8 Å². The van der Waals surface area contributed by atoms with E-state index in [-0.39, 0.29) is 25.2 Å². The van der Waals surface area contributed by atoms with E-state index in [2.05, 4.69) is 20.0 Å². The number of hydrogen-bond acceptors (Lipinski definition) is 9. The fourth-order valence-corrected chi connectivity index (χ4v) is 4.56. The zero-order chi connectivity index (χ0) is 26.6. The molecule has 4 rings (SSSR count). The summed E-state index contributed by atoms with van der Waals surface area (Å²) >= 11 is 0. The molecule has 202 valence electrons. The van der Waals surface area contributed by atoms with Gasteiger partial charge in [-0.3, -0.25) is 9.59 Å². The molecule has 0 bridgehead atoms. The first kappa shape index (κ1) is 26.8. The number of nitrogens with zero attached hydrogens (tertiary/aromatic N) is 5. The Morgan fingerprint density at radius 2 is 1.78 bits per heavy atom. The molecule has 0 aliphatic carbocycles. The van der Waals surface area contributed by atoms with E-state index in [0.717, 1.165) is 37.7 Å². The van der Waals surface area contributed by atoms with Gasteiger partial charge in [-0.25, -0.2) is 15.1 Å². The molecule has 0 spiro atoms. The minimum absolute atomic E-state index is 0.0604. The van der Waals surface area contributed by atoms with Gasteiger partial charge in [0.1, 0.15) is 12.2 Å². The highest BCUT2D eigenvalue weighted by Gasteiger charge is 2.40. The number of carbonyl (C=O) groups excluding carboxylic acids is 1. The summed E-state index contributed by atoms with van der Waals surface area (Å²) in [5.74, 6) is -0.216. The number of amides is 1. The first-order valence-electron chi connectivity index (χ1n) is 11.9. The predicted octanol–water partition coefficient (Wildman–Crippen LogP) is 1.57. The minimum Gasteiger partial charge on any atom is -0.483 e. The van der Waals surface area contributed by atoms with Crippen LogP contribution in [0.25, 0.3) is 0 Å². The summed E-state index contributed by atoms with van der Waals surface area (Å²) in [6.45, 7) is 3.58. The smallest absolute Gasteiger partial charge is 0.425 e. The molecule has 0 unspecified atom stereocenters. The molecule has 1 amide bonds. The van der Waals surface area contributed by atoms with Crippen molar-refractivity contribution in [1.82, 2.24) is 25.1 Å². The number of aromatic nitrogens is 4. The van der Waals surface area contributed by atoms with Gasteiger partial charge in [0.25, 0.3) is 11.5 Å². The molecule has 1 N–H and O–H groups in total. The molecule has 2 aliphatic rings. The van der Waals surface area contributed by atoms with E-state index >= 15 is 0 Å². The highest BCUT2D eigenvalue weighted by atomic mass is 19.4. The number of anilines is 1. The number of likely N-dealkylation sites (tertiary alicyclic amines) is 1. The SMILES string of the molecule is COC[C@@H](CO[C@H]1CCN(C2CCN(c3ncc(C)cn3)CC2)C1=O)Oc1cn[nH]c(=O)c1C(F)(F)F. The molecular formula is C23H29F3N6O5. The lowest BCUT2D eigenvalue weighted by atomic mass is 10.0. The van der Waals surface area contributed by atoms with Gasteiger partial charge in [0.2, 0.25) is 5.95 Å². The van der Waals surface area contributed by atoms with Crippen molar-refractivity contribution in [3.05, 3.63) is 40.1 Å². The first-order chi connectivity index (χ1) is 17.7. The van der Waals surface area contributed by atoms with Crippen LogP contribution in [0, 0.1) is 6.92 Å². The van der Waals surface area contributed by atoms with Crippen LogP contribution in [-0.2, 0) is 20.4 Å². The van der Waals surface area contributed by atoms with E-state index in [1.165, 1.54) is 7.11 Å². The van der Waals surface area contributed by atoms with Crippen LogP contribution in [0.1, 0.15) is 30.4 Å². The molecule has 2 atom stereocenters. The van der Waals surface area contributed by atoms with Gasteiger partial charge in [0.15, 0.2) is 11.3 Å². The second-order valence-electron chi connectivity index (χ2n) is 9.05. The number of aryl methyl sites for hydroxylation is 1.